The van der Waals surface area contributed by atoms with Gasteiger partial charge in [0.05, 0.1) is 29.9 Å². The molecule has 0 unspecified atom stereocenters. The summed E-state index contributed by atoms with van der Waals surface area (Å²) in [5.74, 6) is -0.280. The number of hydrogen-bond donors (Lipinski definition) is 3. The van der Waals surface area contributed by atoms with Crippen LogP contribution >= 0.6 is 23.2 Å². The molecule has 0 aliphatic heterocycles. The van der Waals surface area contributed by atoms with E-state index < -0.39 is 16.5 Å². The highest BCUT2D eigenvalue weighted by molar-refractivity contribution is 6.32. The Labute approximate surface area is 191 Å². The van der Waals surface area contributed by atoms with E-state index in [0.29, 0.717) is 22.2 Å². The first-order valence-corrected chi connectivity index (χ1v) is 9.59. The first-order valence-electron chi connectivity index (χ1n) is 8.84. The number of halogens is 2. The smallest absolute Gasteiger partial charge is 0.355 e. The number of nitrogens with one attached hydrogen (secondary N) is 3. The van der Waals surface area contributed by atoms with Crippen molar-refractivity contribution in [1.82, 2.24) is 15.4 Å². The lowest BCUT2D eigenvalue weighted by Gasteiger charge is -2.14. The third-order valence-corrected chi connectivity index (χ3v) is 4.68. The number of nitro groups is 1. The van der Waals surface area contributed by atoms with Gasteiger partial charge in [-0.25, -0.2) is 9.97 Å². The van der Waals surface area contributed by atoms with E-state index >= 15 is 0 Å². The summed E-state index contributed by atoms with van der Waals surface area (Å²) in [6.45, 7) is 0. The van der Waals surface area contributed by atoms with Gasteiger partial charge in [0.15, 0.2) is 0 Å². The summed E-state index contributed by atoms with van der Waals surface area (Å²) in [5.41, 5.74) is 4.87. The molecule has 3 rings (SSSR count). The fourth-order valence-corrected chi connectivity index (χ4v) is 2.98. The maximum absolute atomic E-state index is 12.3. The number of carbonyl (C=O) groups excluding carboxylic acids is 1. The number of hydrazine groups is 1. The van der Waals surface area contributed by atoms with Crippen LogP contribution in [0.25, 0.3) is 0 Å². The minimum atomic E-state index is -0.698. The van der Waals surface area contributed by atoms with Crippen molar-refractivity contribution in [2.75, 3.05) is 25.0 Å². The van der Waals surface area contributed by atoms with Gasteiger partial charge >= 0.3 is 5.69 Å². The zero-order chi connectivity index (χ0) is 23.3. The molecule has 0 radical (unpaired) electrons. The lowest BCUT2D eigenvalue weighted by Crippen LogP contribution is -2.30. The Balaban J connectivity index is 1.88. The molecule has 0 bridgehead atoms. The van der Waals surface area contributed by atoms with Gasteiger partial charge in [0.25, 0.3) is 5.91 Å². The number of aromatic nitrogens is 2. The van der Waals surface area contributed by atoms with E-state index in [1.165, 1.54) is 38.5 Å². The van der Waals surface area contributed by atoms with Crippen LogP contribution in [0.2, 0.25) is 10.0 Å². The zero-order valence-electron chi connectivity index (χ0n) is 16.7. The molecule has 0 spiro atoms. The van der Waals surface area contributed by atoms with E-state index in [1.54, 1.807) is 12.1 Å². The molecule has 3 N–H and O–H groups in total. The lowest BCUT2D eigenvalue weighted by atomic mass is 10.2. The molecule has 0 saturated heterocycles. The van der Waals surface area contributed by atoms with Crippen molar-refractivity contribution in [3.63, 3.8) is 0 Å². The van der Waals surface area contributed by atoms with Crippen molar-refractivity contribution in [2.24, 2.45) is 0 Å². The Kier molecular flexibility index (Phi) is 7.13. The number of amides is 1. The summed E-state index contributed by atoms with van der Waals surface area (Å²) in [6, 6.07) is 9.07. The highest BCUT2D eigenvalue weighted by Crippen LogP contribution is 2.39. The van der Waals surface area contributed by atoms with Crippen LogP contribution in [0.4, 0.5) is 23.0 Å². The molecule has 166 valence electrons. The first-order chi connectivity index (χ1) is 15.3. The summed E-state index contributed by atoms with van der Waals surface area (Å²) in [4.78, 5) is 31.1. The first kappa shape index (κ1) is 22.8. The minimum Gasteiger partial charge on any atom is -0.495 e. The average molecular weight is 479 g/mol. The Morgan fingerprint density at radius 1 is 1.03 bits per heavy atom. The number of methoxy groups -OCH3 is 2. The fraction of sp³-hybridized carbons (Fsp3) is 0.105. The van der Waals surface area contributed by atoms with E-state index in [-0.39, 0.29) is 22.2 Å². The number of ether oxygens (including phenoxy) is 2. The minimum absolute atomic E-state index is 0.159. The third kappa shape index (κ3) is 5.07. The molecule has 0 aliphatic carbocycles. The number of anilines is 3. The second kappa shape index (κ2) is 9.98. The summed E-state index contributed by atoms with van der Waals surface area (Å²) in [7, 11) is 2.86. The van der Waals surface area contributed by atoms with E-state index in [2.05, 4.69) is 26.1 Å². The van der Waals surface area contributed by atoms with Gasteiger partial charge in [0.2, 0.25) is 11.6 Å². The molecule has 1 aromatic heterocycles. The number of benzene rings is 2. The van der Waals surface area contributed by atoms with E-state index in [4.69, 9.17) is 32.7 Å². The van der Waals surface area contributed by atoms with Crippen LogP contribution in [0.3, 0.4) is 0 Å². The summed E-state index contributed by atoms with van der Waals surface area (Å²) in [6.07, 6.45) is 1.09. The molecular weight excluding hydrogens is 463 g/mol. The summed E-state index contributed by atoms with van der Waals surface area (Å²) in [5, 5.41) is 15.3. The molecule has 2 aromatic carbocycles. The van der Waals surface area contributed by atoms with Crippen LogP contribution < -0.4 is 25.6 Å². The normalized spacial score (nSPS) is 10.2. The van der Waals surface area contributed by atoms with Gasteiger partial charge in [-0.05, 0) is 30.3 Å². The Hall–Kier alpha value is -3.83. The molecule has 0 atom stereocenters. The van der Waals surface area contributed by atoms with Crippen molar-refractivity contribution in [3.8, 4) is 11.5 Å². The largest absolute Gasteiger partial charge is 0.495 e. The Morgan fingerprint density at radius 2 is 1.69 bits per heavy atom. The van der Waals surface area contributed by atoms with Crippen LogP contribution in [0, 0.1) is 10.1 Å². The molecule has 0 aliphatic rings. The molecular formula is C19H16Cl2N6O5. The number of nitrogens with zero attached hydrogens (tertiary/aromatic N) is 3. The molecule has 32 heavy (non-hydrogen) atoms. The molecule has 1 heterocycles. The fourth-order valence-electron chi connectivity index (χ4n) is 2.61. The van der Waals surface area contributed by atoms with Gasteiger partial charge in [-0.3, -0.25) is 25.8 Å². The molecule has 1 amide bonds. The quantitative estimate of drug-likeness (QED) is 0.320. The SMILES string of the molecule is COc1cc(OC)c(Nc2ncnc(NNC(=O)c3ccc(Cl)cc3)c2[N+](=O)[O-])cc1Cl. The predicted octanol–water partition coefficient (Wildman–Crippen LogP) is 4.21. The Morgan fingerprint density at radius 3 is 2.31 bits per heavy atom. The van der Waals surface area contributed by atoms with Gasteiger partial charge in [-0.2, -0.15) is 0 Å². The highest BCUT2D eigenvalue weighted by Gasteiger charge is 2.25. The van der Waals surface area contributed by atoms with Crippen LogP contribution in [-0.2, 0) is 0 Å². The lowest BCUT2D eigenvalue weighted by molar-refractivity contribution is -0.383. The van der Waals surface area contributed by atoms with Crippen LogP contribution in [0.5, 0.6) is 11.5 Å². The topological polar surface area (TPSA) is 141 Å². The monoisotopic (exact) mass is 478 g/mol. The summed E-state index contributed by atoms with van der Waals surface area (Å²) >= 11 is 12.0. The van der Waals surface area contributed by atoms with Crippen molar-refractivity contribution in [3.05, 3.63) is 68.4 Å². The number of hydrogen-bond acceptors (Lipinski definition) is 9. The number of rotatable bonds is 8. The molecule has 0 fully saturated rings. The average Bonchev–Trinajstić information content (AvgIpc) is 2.78. The molecule has 13 heteroatoms. The molecule has 0 saturated carbocycles. The van der Waals surface area contributed by atoms with E-state index in [9.17, 15) is 14.9 Å². The molecule has 3 aromatic rings. The van der Waals surface area contributed by atoms with Crippen molar-refractivity contribution in [2.45, 2.75) is 0 Å². The van der Waals surface area contributed by atoms with Crippen LogP contribution in [0.1, 0.15) is 10.4 Å². The highest BCUT2D eigenvalue weighted by atomic mass is 35.5. The van der Waals surface area contributed by atoms with Crippen molar-refractivity contribution >= 4 is 52.1 Å². The van der Waals surface area contributed by atoms with Gasteiger partial charge in [0, 0.05) is 16.7 Å². The van der Waals surface area contributed by atoms with Crippen LogP contribution in [-0.4, -0.2) is 35.0 Å². The maximum atomic E-state index is 12.3. The standard InChI is InChI=1S/C19H16Cl2N6O5/c1-31-14-8-15(32-2)13(7-12(14)21)24-17-16(27(29)30)18(23-9-22-17)25-26-19(28)10-3-5-11(20)6-4-10/h3-9H,1-2H3,(H,26,28)(H2,22,23,24,25). The van der Waals surface area contributed by atoms with E-state index in [1.807, 2.05) is 0 Å². The van der Waals surface area contributed by atoms with Gasteiger partial charge in [-0.1, -0.05) is 23.2 Å². The van der Waals surface area contributed by atoms with Gasteiger partial charge < -0.3 is 14.8 Å². The number of carbonyl (C=O) groups is 1. The summed E-state index contributed by atoms with van der Waals surface area (Å²) < 4.78 is 10.4. The van der Waals surface area contributed by atoms with Gasteiger partial charge in [-0.15, -0.1) is 0 Å². The van der Waals surface area contributed by atoms with E-state index in [0.717, 1.165) is 6.33 Å². The van der Waals surface area contributed by atoms with Gasteiger partial charge in [0.1, 0.15) is 17.8 Å². The molecule has 11 nitrogen and oxygen atoms in total. The predicted molar refractivity (Wildman–Crippen MR) is 119 cm³/mol. The third-order valence-electron chi connectivity index (χ3n) is 4.13. The second-order valence-electron chi connectivity index (χ2n) is 6.07. The zero-order valence-corrected chi connectivity index (χ0v) is 18.2. The van der Waals surface area contributed by atoms with Crippen LogP contribution in [0.15, 0.2) is 42.7 Å². The maximum Gasteiger partial charge on any atom is 0.355 e. The van der Waals surface area contributed by atoms with Crippen molar-refractivity contribution < 1.29 is 19.2 Å². The Bertz CT molecular complexity index is 1160. The van der Waals surface area contributed by atoms with Crippen molar-refractivity contribution in [1.29, 1.82) is 0 Å². The second-order valence-corrected chi connectivity index (χ2v) is 6.92.